The normalized spacial score (nSPS) is 17.2. The SMILES string of the molecule is CNC(COc1cccc(F)c1F)C1CC1. The van der Waals surface area contributed by atoms with Crippen LogP contribution >= 0.6 is 0 Å². The Morgan fingerprint density at radius 1 is 1.44 bits per heavy atom. The highest BCUT2D eigenvalue weighted by Crippen LogP contribution is 2.33. The maximum absolute atomic E-state index is 13.3. The molecule has 0 aliphatic heterocycles. The molecule has 2 rings (SSSR count). The van der Waals surface area contributed by atoms with E-state index in [1.807, 2.05) is 7.05 Å². The number of likely N-dealkylation sites (N-methyl/N-ethyl adjacent to an activating group) is 1. The van der Waals surface area contributed by atoms with Crippen LogP contribution in [0.5, 0.6) is 5.75 Å². The molecule has 2 nitrogen and oxygen atoms in total. The molecule has 1 fully saturated rings. The molecule has 1 saturated carbocycles. The van der Waals surface area contributed by atoms with Crippen LogP contribution < -0.4 is 10.1 Å². The number of hydrogen-bond acceptors (Lipinski definition) is 2. The summed E-state index contributed by atoms with van der Waals surface area (Å²) in [6.07, 6.45) is 2.36. The third-order valence-corrected chi connectivity index (χ3v) is 2.90. The zero-order valence-electron chi connectivity index (χ0n) is 9.17. The fourth-order valence-corrected chi connectivity index (χ4v) is 1.73. The van der Waals surface area contributed by atoms with Crippen LogP contribution in [0.4, 0.5) is 8.78 Å². The van der Waals surface area contributed by atoms with Gasteiger partial charge in [0.1, 0.15) is 6.61 Å². The van der Waals surface area contributed by atoms with Gasteiger partial charge < -0.3 is 10.1 Å². The minimum Gasteiger partial charge on any atom is -0.489 e. The lowest BCUT2D eigenvalue weighted by Crippen LogP contribution is -2.33. The Kier molecular flexibility index (Phi) is 3.39. The lowest BCUT2D eigenvalue weighted by atomic mass is 10.2. The third kappa shape index (κ3) is 2.50. The van der Waals surface area contributed by atoms with Gasteiger partial charge in [-0.15, -0.1) is 0 Å². The first-order valence-electron chi connectivity index (χ1n) is 5.46. The summed E-state index contributed by atoms with van der Waals surface area (Å²) in [7, 11) is 1.86. The van der Waals surface area contributed by atoms with Crippen LogP contribution in [-0.4, -0.2) is 19.7 Å². The summed E-state index contributed by atoms with van der Waals surface area (Å²) in [4.78, 5) is 0. The molecule has 0 saturated heterocycles. The van der Waals surface area contributed by atoms with Crippen molar-refractivity contribution in [3.05, 3.63) is 29.8 Å². The zero-order valence-corrected chi connectivity index (χ0v) is 9.17. The molecule has 16 heavy (non-hydrogen) atoms. The Balaban J connectivity index is 1.95. The molecule has 4 heteroatoms. The second-order valence-corrected chi connectivity index (χ2v) is 4.10. The van der Waals surface area contributed by atoms with Crippen LogP contribution in [0.3, 0.4) is 0 Å². The van der Waals surface area contributed by atoms with Crippen LogP contribution in [-0.2, 0) is 0 Å². The highest BCUT2D eigenvalue weighted by Gasteiger charge is 2.30. The summed E-state index contributed by atoms with van der Waals surface area (Å²) < 4.78 is 31.4. The van der Waals surface area contributed by atoms with Crippen molar-refractivity contribution in [1.29, 1.82) is 0 Å². The molecule has 0 heterocycles. The number of ether oxygens (including phenoxy) is 1. The van der Waals surface area contributed by atoms with Gasteiger partial charge in [-0.2, -0.15) is 4.39 Å². The van der Waals surface area contributed by atoms with E-state index in [1.54, 1.807) is 0 Å². The summed E-state index contributed by atoms with van der Waals surface area (Å²) in [5, 5.41) is 3.13. The molecule has 1 unspecified atom stereocenters. The van der Waals surface area contributed by atoms with Crippen LogP contribution in [0, 0.1) is 17.6 Å². The van der Waals surface area contributed by atoms with Crippen molar-refractivity contribution in [2.45, 2.75) is 18.9 Å². The molecule has 1 N–H and O–H groups in total. The minimum absolute atomic E-state index is 0.0131. The first-order chi connectivity index (χ1) is 7.72. The number of halogens is 2. The van der Waals surface area contributed by atoms with Gasteiger partial charge in [-0.25, -0.2) is 4.39 Å². The van der Waals surface area contributed by atoms with E-state index in [4.69, 9.17) is 4.74 Å². The van der Waals surface area contributed by atoms with E-state index in [9.17, 15) is 8.78 Å². The molecule has 0 spiro atoms. The Morgan fingerprint density at radius 2 is 2.19 bits per heavy atom. The van der Waals surface area contributed by atoms with Gasteiger partial charge in [-0.3, -0.25) is 0 Å². The van der Waals surface area contributed by atoms with Crippen LogP contribution in [0.25, 0.3) is 0 Å². The Labute approximate surface area is 93.6 Å². The Morgan fingerprint density at radius 3 is 2.81 bits per heavy atom. The molecule has 1 aliphatic rings. The second kappa shape index (κ2) is 4.78. The summed E-state index contributed by atoms with van der Waals surface area (Å²) in [6.45, 7) is 0.377. The van der Waals surface area contributed by atoms with Gasteiger partial charge in [-0.05, 0) is 37.9 Å². The monoisotopic (exact) mass is 227 g/mol. The molecule has 1 atom stereocenters. The van der Waals surface area contributed by atoms with E-state index in [-0.39, 0.29) is 11.8 Å². The topological polar surface area (TPSA) is 21.3 Å². The van der Waals surface area contributed by atoms with Gasteiger partial charge in [0.15, 0.2) is 11.6 Å². The fraction of sp³-hybridized carbons (Fsp3) is 0.500. The molecule has 1 aromatic carbocycles. The van der Waals surface area contributed by atoms with E-state index in [1.165, 1.54) is 25.0 Å². The van der Waals surface area contributed by atoms with E-state index in [0.29, 0.717) is 12.5 Å². The van der Waals surface area contributed by atoms with E-state index in [0.717, 1.165) is 6.07 Å². The maximum Gasteiger partial charge on any atom is 0.200 e. The van der Waals surface area contributed by atoms with Gasteiger partial charge in [0.05, 0.1) is 0 Å². The van der Waals surface area contributed by atoms with Crippen molar-refractivity contribution in [3.63, 3.8) is 0 Å². The largest absolute Gasteiger partial charge is 0.489 e. The lowest BCUT2D eigenvalue weighted by Gasteiger charge is -2.16. The molecule has 0 amide bonds. The quantitative estimate of drug-likeness (QED) is 0.833. The number of hydrogen-bond donors (Lipinski definition) is 1. The predicted octanol–water partition coefficient (Wildman–Crippen LogP) is 2.34. The van der Waals surface area contributed by atoms with Crippen molar-refractivity contribution in [2.75, 3.05) is 13.7 Å². The number of benzene rings is 1. The first kappa shape index (κ1) is 11.3. The molecular weight excluding hydrogens is 212 g/mol. The van der Waals surface area contributed by atoms with E-state index in [2.05, 4.69) is 5.32 Å². The van der Waals surface area contributed by atoms with Crippen molar-refractivity contribution >= 4 is 0 Å². The van der Waals surface area contributed by atoms with Gasteiger partial charge in [-0.1, -0.05) is 6.07 Å². The van der Waals surface area contributed by atoms with Gasteiger partial charge in [0, 0.05) is 6.04 Å². The predicted molar refractivity (Wildman–Crippen MR) is 57.4 cm³/mol. The van der Waals surface area contributed by atoms with Crippen molar-refractivity contribution in [2.24, 2.45) is 5.92 Å². The standard InChI is InChI=1S/C12H15F2NO/c1-15-10(8-5-6-8)7-16-11-4-2-3-9(13)12(11)14/h2-4,8,10,15H,5-7H2,1H3. The average molecular weight is 227 g/mol. The van der Waals surface area contributed by atoms with Crippen LogP contribution in [0.15, 0.2) is 18.2 Å². The fourth-order valence-electron chi connectivity index (χ4n) is 1.73. The van der Waals surface area contributed by atoms with E-state index < -0.39 is 11.6 Å². The minimum atomic E-state index is -0.909. The molecule has 1 aliphatic carbocycles. The van der Waals surface area contributed by atoms with Gasteiger partial charge >= 0.3 is 0 Å². The first-order valence-corrected chi connectivity index (χ1v) is 5.46. The molecule has 0 aromatic heterocycles. The zero-order chi connectivity index (χ0) is 11.5. The van der Waals surface area contributed by atoms with Crippen molar-refractivity contribution in [1.82, 2.24) is 5.32 Å². The molecule has 88 valence electrons. The summed E-state index contributed by atoms with van der Waals surface area (Å²) in [5.41, 5.74) is 0. The highest BCUT2D eigenvalue weighted by molar-refractivity contribution is 5.25. The van der Waals surface area contributed by atoms with Crippen LogP contribution in [0.1, 0.15) is 12.8 Å². The Bertz CT molecular complexity index is 366. The number of rotatable bonds is 5. The maximum atomic E-state index is 13.3. The summed E-state index contributed by atoms with van der Waals surface area (Å²) in [6, 6.07) is 4.19. The van der Waals surface area contributed by atoms with Crippen molar-refractivity contribution < 1.29 is 13.5 Å². The van der Waals surface area contributed by atoms with Gasteiger partial charge in [0.25, 0.3) is 0 Å². The molecule has 0 radical (unpaired) electrons. The average Bonchev–Trinajstić information content (AvgIpc) is 3.09. The summed E-state index contributed by atoms with van der Waals surface area (Å²) >= 11 is 0. The molecule has 0 bridgehead atoms. The van der Waals surface area contributed by atoms with Crippen LogP contribution in [0.2, 0.25) is 0 Å². The lowest BCUT2D eigenvalue weighted by molar-refractivity contribution is 0.243. The highest BCUT2D eigenvalue weighted by atomic mass is 19.2. The second-order valence-electron chi connectivity index (χ2n) is 4.10. The van der Waals surface area contributed by atoms with E-state index >= 15 is 0 Å². The van der Waals surface area contributed by atoms with Gasteiger partial charge in [0.2, 0.25) is 5.82 Å². The summed E-state index contributed by atoms with van der Waals surface area (Å²) in [5.74, 6) is -1.18. The smallest absolute Gasteiger partial charge is 0.200 e. The number of nitrogens with one attached hydrogen (secondary N) is 1. The Hall–Kier alpha value is -1.16. The molecule has 1 aromatic rings. The molecular formula is C12H15F2NO. The third-order valence-electron chi connectivity index (χ3n) is 2.90. The van der Waals surface area contributed by atoms with Crippen molar-refractivity contribution in [3.8, 4) is 5.75 Å².